The van der Waals surface area contributed by atoms with Crippen molar-refractivity contribution < 1.29 is 0 Å². The highest BCUT2D eigenvalue weighted by Gasteiger charge is 2.16. The number of hydrogen-bond acceptors (Lipinski definition) is 4. The average molecular weight is 331 g/mol. The van der Waals surface area contributed by atoms with Crippen molar-refractivity contribution in [2.24, 2.45) is 5.73 Å². The minimum Gasteiger partial charge on any atom is -0.326 e. The molecule has 0 spiro atoms. The first-order valence-corrected chi connectivity index (χ1v) is 6.83. The average Bonchev–Trinajstić information content (AvgIpc) is 2.42. The third kappa shape index (κ3) is 6.64. The van der Waals surface area contributed by atoms with Crippen LogP contribution in [0.15, 0.2) is 24.3 Å². The summed E-state index contributed by atoms with van der Waals surface area (Å²) in [6.45, 7) is 5.43. The fourth-order valence-electron chi connectivity index (χ4n) is 2.44. The Morgan fingerprint density at radius 1 is 1.14 bits per heavy atom. The van der Waals surface area contributed by atoms with E-state index in [9.17, 15) is 0 Å². The minimum atomic E-state index is 0. The van der Waals surface area contributed by atoms with Gasteiger partial charge in [0.25, 0.3) is 0 Å². The van der Waals surface area contributed by atoms with Gasteiger partial charge in [-0.05, 0) is 31.2 Å². The summed E-state index contributed by atoms with van der Waals surface area (Å²) in [5.74, 6) is 0. The standard InChI is InChI=1S/C15H22N4.2ClH/c1-18-6-8-19(9-7-18)12-15(17)10-13-2-4-14(11-16)5-3-13;;/h2-5,15H,6-10,12,17H2,1H3;2*1H/t15-;;/m1../s1. The predicted octanol–water partition coefficient (Wildman–Crippen LogP) is 1.52. The van der Waals surface area contributed by atoms with Gasteiger partial charge in [-0.25, -0.2) is 0 Å². The zero-order chi connectivity index (χ0) is 13.7. The Morgan fingerprint density at radius 3 is 2.24 bits per heavy atom. The summed E-state index contributed by atoms with van der Waals surface area (Å²) in [7, 11) is 2.16. The Bertz CT molecular complexity index is 436. The second-order valence-corrected chi connectivity index (χ2v) is 5.38. The van der Waals surface area contributed by atoms with Gasteiger partial charge in [0.05, 0.1) is 11.6 Å². The summed E-state index contributed by atoms with van der Waals surface area (Å²) in [6, 6.07) is 10.0. The van der Waals surface area contributed by atoms with Gasteiger partial charge in [-0.3, -0.25) is 4.90 Å². The molecule has 1 saturated heterocycles. The van der Waals surface area contributed by atoms with Crippen molar-refractivity contribution in [1.29, 1.82) is 5.26 Å². The highest BCUT2D eigenvalue weighted by atomic mass is 35.5. The van der Waals surface area contributed by atoms with Gasteiger partial charge in [-0.2, -0.15) is 5.26 Å². The molecule has 2 N–H and O–H groups in total. The summed E-state index contributed by atoms with van der Waals surface area (Å²) in [6.07, 6.45) is 0.873. The van der Waals surface area contributed by atoms with Gasteiger partial charge in [0.15, 0.2) is 0 Å². The molecule has 1 atom stereocenters. The Balaban J connectivity index is 0.00000200. The van der Waals surface area contributed by atoms with Crippen LogP contribution in [0.1, 0.15) is 11.1 Å². The lowest BCUT2D eigenvalue weighted by molar-refractivity contribution is 0.147. The Labute approximate surface area is 139 Å². The molecule has 0 saturated carbocycles. The van der Waals surface area contributed by atoms with Crippen LogP contribution in [-0.4, -0.2) is 55.6 Å². The molecule has 0 radical (unpaired) electrons. The van der Waals surface area contributed by atoms with E-state index in [1.54, 1.807) is 0 Å². The van der Waals surface area contributed by atoms with E-state index in [0.29, 0.717) is 5.56 Å². The van der Waals surface area contributed by atoms with Gasteiger partial charge in [-0.1, -0.05) is 12.1 Å². The van der Waals surface area contributed by atoms with E-state index in [1.807, 2.05) is 24.3 Å². The number of benzene rings is 1. The second-order valence-electron chi connectivity index (χ2n) is 5.38. The summed E-state index contributed by atoms with van der Waals surface area (Å²) < 4.78 is 0. The van der Waals surface area contributed by atoms with Gasteiger partial charge < -0.3 is 10.6 Å². The largest absolute Gasteiger partial charge is 0.326 e. The molecule has 0 amide bonds. The number of nitrogens with zero attached hydrogens (tertiary/aromatic N) is 3. The van der Waals surface area contributed by atoms with Crippen LogP contribution in [0.5, 0.6) is 0 Å². The molecule has 0 aliphatic carbocycles. The molecule has 1 aromatic carbocycles. The first-order valence-electron chi connectivity index (χ1n) is 6.83. The van der Waals surface area contributed by atoms with Crippen LogP contribution in [0.3, 0.4) is 0 Å². The SMILES string of the molecule is CN1CCN(C[C@H](N)Cc2ccc(C#N)cc2)CC1.Cl.Cl. The lowest BCUT2D eigenvalue weighted by Crippen LogP contribution is -2.49. The molecule has 118 valence electrons. The van der Waals surface area contributed by atoms with Crippen molar-refractivity contribution in [3.63, 3.8) is 0 Å². The van der Waals surface area contributed by atoms with Crippen molar-refractivity contribution in [3.8, 4) is 6.07 Å². The molecule has 4 nitrogen and oxygen atoms in total. The third-order valence-corrected chi connectivity index (χ3v) is 3.67. The van der Waals surface area contributed by atoms with E-state index < -0.39 is 0 Å². The number of halogens is 2. The highest BCUT2D eigenvalue weighted by Crippen LogP contribution is 2.07. The fourth-order valence-corrected chi connectivity index (χ4v) is 2.44. The first kappa shape index (κ1) is 20.2. The molecule has 1 aromatic rings. The van der Waals surface area contributed by atoms with Crippen molar-refractivity contribution >= 4 is 24.8 Å². The van der Waals surface area contributed by atoms with Crippen molar-refractivity contribution in [3.05, 3.63) is 35.4 Å². The van der Waals surface area contributed by atoms with Crippen LogP contribution < -0.4 is 5.73 Å². The van der Waals surface area contributed by atoms with E-state index in [-0.39, 0.29) is 30.9 Å². The van der Waals surface area contributed by atoms with Crippen LogP contribution in [0.2, 0.25) is 0 Å². The van der Waals surface area contributed by atoms with Crippen LogP contribution >= 0.6 is 24.8 Å². The Kier molecular flexibility index (Phi) is 9.60. The lowest BCUT2D eigenvalue weighted by Gasteiger charge is -2.33. The molecule has 0 unspecified atom stereocenters. The molecule has 1 heterocycles. The minimum absolute atomic E-state index is 0. The van der Waals surface area contributed by atoms with Crippen molar-refractivity contribution in [2.45, 2.75) is 12.5 Å². The molecule has 6 heteroatoms. The number of likely N-dealkylation sites (N-methyl/N-ethyl adjacent to an activating group) is 1. The molecule has 0 bridgehead atoms. The normalized spacial score (nSPS) is 17.2. The number of rotatable bonds is 4. The Hall–Kier alpha value is -0.830. The summed E-state index contributed by atoms with van der Waals surface area (Å²) >= 11 is 0. The van der Waals surface area contributed by atoms with Gasteiger partial charge >= 0.3 is 0 Å². The number of hydrogen-bond donors (Lipinski definition) is 1. The molecular weight excluding hydrogens is 307 g/mol. The molecule has 2 rings (SSSR count). The van der Waals surface area contributed by atoms with Gasteiger partial charge in [-0.15, -0.1) is 24.8 Å². The smallest absolute Gasteiger partial charge is 0.0991 e. The van der Waals surface area contributed by atoms with Crippen LogP contribution in [-0.2, 0) is 6.42 Å². The van der Waals surface area contributed by atoms with E-state index in [2.05, 4.69) is 22.9 Å². The topological polar surface area (TPSA) is 56.3 Å². The molecular formula is C15H24Cl2N4. The van der Waals surface area contributed by atoms with Crippen LogP contribution in [0.4, 0.5) is 0 Å². The third-order valence-electron chi connectivity index (χ3n) is 3.67. The quantitative estimate of drug-likeness (QED) is 0.909. The molecule has 21 heavy (non-hydrogen) atoms. The maximum Gasteiger partial charge on any atom is 0.0991 e. The van der Waals surface area contributed by atoms with Crippen molar-refractivity contribution in [2.75, 3.05) is 39.8 Å². The first-order chi connectivity index (χ1) is 9.17. The van der Waals surface area contributed by atoms with Gasteiger partial charge in [0.2, 0.25) is 0 Å². The number of nitriles is 1. The zero-order valence-corrected chi connectivity index (χ0v) is 14.0. The van der Waals surface area contributed by atoms with E-state index in [1.165, 1.54) is 5.56 Å². The summed E-state index contributed by atoms with van der Waals surface area (Å²) in [5, 5.41) is 8.76. The van der Waals surface area contributed by atoms with Gasteiger partial charge in [0, 0.05) is 38.8 Å². The molecule has 1 aliphatic rings. The molecule has 0 aromatic heterocycles. The fraction of sp³-hybridized carbons (Fsp3) is 0.533. The summed E-state index contributed by atoms with van der Waals surface area (Å²) in [4.78, 5) is 4.79. The second kappa shape index (κ2) is 9.99. The molecule has 1 aliphatic heterocycles. The van der Waals surface area contributed by atoms with E-state index in [4.69, 9.17) is 11.0 Å². The van der Waals surface area contributed by atoms with E-state index >= 15 is 0 Å². The Morgan fingerprint density at radius 2 is 1.71 bits per heavy atom. The highest BCUT2D eigenvalue weighted by molar-refractivity contribution is 5.85. The zero-order valence-electron chi connectivity index (χ0n) is 12.4. The van der Waals surface area contributed by atoms with E-state index in [0.717, 1.165) is 39.1 Å². The predicted molar refractivity (Wildman–Crippen MR) is 91.3 cm³/mol. The molecule has 1 fully saturated rings. The van der Waals surface area contributed by atoms with Crippen LogP contribution in [0.25, 0.3) is 0 Å². The van der Waals surface area contributed by atoms with Crippen molar-refractivity contribution in [1.82, 2.24) is 9.80 Å². The van der Waals surface area contributed by atoms with Crippen LogP contribution in [0, 0.1) is 11.3 Å². The monoisotopic (exact) mass is 330 g/mol. The summed E-state index contributed by atoms with van der Waals surface area (Å²) in [5.41, 5.74) is 8.14. The number of nitrogens with two attached hydrogens (primary N) is 1. The van der Waals surface area contributed by atoms with Gasteiger partial charge in [0.1, 0.15) is 0 Å². The maximum absolute atomic E-state index is 8.76. The maximum atomic E-state index is 8.76. The lowest BCUT2D eigenvalue weighted by atomic mass is 10.0. The number of piperazine rings is 1.